The van der Waals surface area contributed by atoms with Gasteiger partial charge in [0.05, 0.1) is 12.2 Å². The fourth-order valence-electron chi connectivity index (χ4n) is 3.41. The highest BCUT2D eigenvalue weighted by molar-refractivity contribution is 7.98. The van der Waals surface area contributed by atoms with Crippen LogP contribution >= 0.6 is 11.8 Å². The van der Waals surface area contributed by atoms with E-state index in [-0.39, 0.29) is 12.3 Å². The molecule has 0 atom stereocenters. The molecule has 0 radical (unpaired) electrons. The molecule has 0 saturated heterocycles. The number of nitrogens with one attached hydrogen (secondary N) is 1. The Kier molecular flexibility index (Phi) is 6.65. The van der Waals surface area contributed by atoms with Gasteiger partial charge in [-0.05, 0) is 56.2 Å². The van der Waals surface area contributed by atoms with Crippen molar-refractivity contribution in [1.29, 1.82) is 0 Å². The van der Waals surface area contributed by atoms with E-state index < -0.39 is 0 Å². The van der Waals surface area contributed by atoms with Crippen LogP contribution < -0.4 is 5.32 Å². The largest absolute Gasteiger partial charge is 0.420 e. The van der Waals surface area contributed by atoms with Crippen molar-refractivity contribution in [3.63, 3.8) is 0 Å². The predicted molar refractivity (Wildman–Crippen MR) is 123 cm³/mol. The van der Waals surface area contributed by atoms with Crippen LogP contribution in [0.15, 0.2) is 58.1 Å². The van der Waals surface area contributed by atoms with Gasteiger partial charge in [-0.15, -0.1) is 20.4 Å². The molecule has 1 N–H and O–H groups in total. The summed E-state index contributed by atoms with van der Waals surface area (Å²) in [6.07, 6.45) is 0.146. The quantitative estimate of drug-likeness (QED) is 0.398. The molecule has 0 aliphatic carbocycles. The third kappa shape index (κ3) is 5.23. The van der Waals surface area contributed by atoms with Crippen LogP contribution in [0, 0.1) is 13.8 Å². The fraction of sp³-hybridized carbons (Fsp3) is 0.261. The molecule has 2 aromatic heterocycles. The summed E-state index contributed by atoms with van der Waals surface area (Å²) in [6.45, 7) is 6.66. The lowest BCUT2D eigenvalue weighted by Gasteiger charge is -2.09. The van der Waals surface area contributed by atoms with Crippen LogP contribution in [0.2, 0.25) is 0 Å². The highest BCUT2D eigenvalue weighted by Gasteiger charge is 2.17. The molecule has 0 unspecified atom stereocenters. The van der Waals surface area contributed by atoms with Crippen molar-refractivity contribution in [2.75, 3.05) is 5.32 Å². The molecule has 32 heavy (non-hydrogen) atoms. The molecular formula is C23H24N6O2S. The van der Waals surface area contributed by atoms with Crippen molar-refractivity contribution in [2.45, 2.75) is 44.6 Å². The molecule has 1 amide bonds. The third-order valence-electron chi connectivity index (χ3n) is 4.75. The zero-order chi connectivity index (χ0) is 22.5. The van der Waals surface area contributed by atoms with Gasteiger partial charge in [0.2, 0.25) is 17.7 Å². The van der Waals surface area contributed by atoms with Gasteiger partial charge in [-0.3, -0.25) is 4.79 Å². The van der Waals surface area contributed by atoms with E-state index >= 15 is 0 Å². The lowest BCUT2D eigenvalue weighted by atomic mass is 10.1. The smallest absolute Gasteiger partial charge is 0.247 e. The number of benzene rings is 2. The summed E-state index contributed by atoms with van der Waals surface area (Å²) in [5.41, 5.74) is 3.87. The zero-order valence-electron chi connectivity index (χ0n) is 18.2. The van der Waals surface area contributed by atoms with Gasteiger partial charge in [0.15, 0.2) is 5.16 Å². The number of carbonyl (C=O) groups excluding carboxylic acids is 1. The van der Waals surface area contributed by atoms with E-state index in [1.165, 1.54) is 11.8 Å². The molecule has 2 heterocycles. The summed E-state index contributed by atoms with van der Waals surface area (Å²) >= 11 is 1.45. The number of aryl methyl sites for hydroxylation is 2. The first-order valence-corrected chi connectivity index (χ1v) is 11.3. The van der Waals surface area contributed by atoms with Gasteiger partial charge < -0.3 is 14.3 Å². The molecule has 0 saturated carbocycles. The Hall–Kier alpha value is -3.46. The zero-order valence-corrected chi connectivity index (χ0v) is 19.0. The molecule has 0 aliphatic rings. The third-order valence-corrected chi connectivity index (χ3v) is 5.70. The number of carbonyl (C=O) groups is 1. The molecular weight excluding hydrogens is 424 g/mol. The summed E-state index contributed by atoms with van der Waals surface area (Å²) in [5.74, 6) is 1.95. The monoisotopic (exact) mass is 448 g/mol. The number of anilines is 1. The Bertz CT molecular complexity index is 1200. The maximum atomic E-state index is 12.6. The second-order valence-electron chi connectivity index (χ2n) is 7.40. The fourth-order valence-corrected chi connectivity index (χ4v) is 4.26. The van der Waals surface area contributed by atoms with E-state index in [1.54, 1.807) is 0 Å². The van der Waals surface area contributed by atoms with Gasteiger partial charge >= 0.3 is 0 Å². The van der Waals surface area contributed by atoms with Crippen molar-refractivity contribution < 1.29 is 9.21 Å². The van der Waals surface area contributed by atoms with Gasteiger partial charge in [-0.1, -0.05) is 36.0 Å². The van der Waals surface area contributed by atoms with Crippen LogP contribution in [-0.4, -0.2) is 30.9 Å². The van der Waals surface area contributed by atoms with Gasteiger partial charge in [0, 0.05) is 17.8 Å². The number of hydrogen-bond donors (Lipinski definition) is 1. The highest BCUT2D eigenvalue weighted by atomic mass is 32.2. The van der Waals surface area contributed by atoms with E-state index in [2.05, 4.69) is 31.8 Å². The van der Waals surface area contributed by atoms with Crippen molar-refractivity contribution in [1.82, 2.24) is 25.0 Å². The van der Waals surface area contributed by atoms with E-state index in [0.717, 1.165) is 22.4 Å². The summed E-state index contributed by atoms with van der Waals surface area (Å²) in [7, 11) is 0. The topological polar surface area (TPSA) is 98.7 Å². The van der Waals surface area contributed by atoms with Crippen molar-refractivity contribution >= 4 is 23.4 Å². The van der Waals surface area contributed by atoms with Crippen LogP contribution in [-0.2, 0) is 23.5 Å². The number of rotatable bonds is 8. The van der Waals surface area contributed by atoms with Crippen LogP contribution in [0.4, 0.5) is 5.69 Å². The van der Waals surface area contributed by atoms with Crippen LogP contribution in [0.1, 0.15) is 29.8 Å². The standard InChI is InChI=1S/C23H24N6O2S/c1-4-29-19(13-20(30)24-18-11-15(2)10-16(3)12-18)25-28-23(29)32-14-21-26-27-22(31-21)17-8-6-5-7-9-17/h5-12H,4,13-14H2,1-3H3,(H,24,30). The Morgan fingerprint density at radius 2 is 1.78 bits per heavy atom. The number of aromatic nitrogens is 5. The minimum atomic E-state index is -0.127. The van der Waals surface area contributed by atoms with Crippen molar-refractivity contribution in [3.05, 3.63) is 71.4 Å². The van der Waals surface area contributed by atoms with Crippen LogP contribution in [0.3, 0.4) is 0 Å². The first-order chi connectivity index (χ1) is 15.5. The van der Waals surface area contributed by atoms with Crippen LogP contribution in [0.25, 0.3) is 11.5 Å². The van der Waals surface area contributed by atoms with Crippen molar-refractivity contribution in [2.24, 2.45) is 0 Å². The summed E-state index contributed by atoms with van der Waals surface area (Å²) in [4.78, 5) is 12.6. The maximum absolute atomic E-state index is 12.6. The second kappa shape index (κ2) is 9.78. The Balaban J connectivity index is 1.39. The highest BCUT2D eigenvalue weighted by Crippen LogP contribution is 2.24. The minimum absolute atomic E-state index is 0.127. The molecule has 0 fully saturated rings. The molecule has 4 rings (SSSR count). The number of thioether (sulfide) groups is 1. The summed E-state index contributed by atoms with van der Waals surface area (Å²) in [5, 5.41) is 20.4. The SMILES string of the molecule is CCn1c(CC(=O)Nc2cc(C)cc(C)c2)nnc1SCc1nnc(-c2ccccc2)o1. The van der Waals surface area contributed by atoms with E-state index in [4.69, 9.17) is 4.42 Å². The molecule has 9 heteroatoms. The average molecular weight is 449 g/mol. The molecule has 164 valence electrons. The lowest BCUT2D eigenvalue weighted by molar-refractivity contribution is -0.115. The predicted octanol–water partition coefficient (Wildman–Crippen LogP) is 4.44. The van der Waals surface area contributed by atoms with E-state index in [0.29, 0.717) is 35.1 Å². The number of nitrogens with zero attached hydrogens (tertiary/aromatic N) is 5. The van der Waals surface area contributed by atoms with Gasteiger partial charge in [-0.2, -0.15) is 0 Å². The van der Waals surface area contributed by atoms with E-state index in [1.807, 2.05) is 67.8 Å². The summed E-state index contributed by atoms with van der Waals surface area (Å²) in [6, 6.07) is 15.6. The Morgan fingerprint density at radius 3 is 2.50 bits per heavy atom. The minimum Gasteiger partial charge on any atom is -0.420 e. The molecule has 0 bridgehead atoms. The van der Waals surface area contributed by atoms with Gasteiger partial charge in [0.25, 0.3) is 0 Å². The first kappa shape index (κ1) is 21.8. The number of hydrogen-bond acceptors (Lipinski definition) is 7. The van der Waals surface area contributed by atoms with Crippen molar-refractivity contribution in [3.8, 4) is 11.5 Å². The number of amides is 1. The molecule has 0 spiro atoms. The molecule has 4 aromatic rings. The average Bonchev–Trinajstić information content (AvgIpc) is 3.38. The van der Waals surface area contributed by atoms with Gasteiger partial charge in [0.1, 0.15) is 5.82 Å². The van der Waals surface area contributed by atoms with Gasteiger partial charge in [-0.25, -0.2) is 0 Å². The molecule has 2 aromatic carbocycles. The maximum Gasteiger partial charge on any atom is 0.247 e. The molecule has 0 aliphatic heterocycles. The Morgan fingerprint density at radius 1 is 1.03 bits per heavy atom. The summed E-state index contributed by atoms with van der Waals surface area (Å²) < 4.78 is 7.69. The van der Waals surface area contributed by atoms with E-state index in [9.17, 15) is 4.79 Å². The normalized spacial score (nSPS) is 11.0. The first-order valence-electron chi connectivity index (χ1n) is 10.3. The lowest BCUT2D eigenvalue weighted by Crippen LogP contribution is -2.17. The van der Waals surface area contributed by atoms with Crippen LogP contribution in [0.5, 0.6) is 0 Å². The molecule has 8 nitrogen and oxygen atoms in total. The second-order valence-corrected chi connectivity index (χ2v) is 8.34. The Labute approximate surface area is 190 Å².